The fraction of sp³-hybridized carbons (Fsp3) is 0.333. The Hall–Kier alpha value is -0.840. The molecule has 1 heterocycles. The number of rotatable bonds is 3. The van der Waals surface area contributed by atoms with Gasteiger partial charge in [-0.2, -0.15) is 0 Å². The first-order valence-corrected chi connectivity index (χ1v) is 8.06. The van der Waals surface area contributed by atoms with Crippen LogP contribution in [0.5, 0.6) is 0 Å². The maximum Gasteiger partial charge on any atom is 0.266 e. The summed E-state index contributed by atoms with van der Waals surface area (Å²) in [5, 5.41) is 0.722. The molecule has 20 heavy (non-hydrogen) atoms. The Morgan fingerprint density at radius 2 is 2.10 bits per heavy atom. The van der Waals surface area contributed by atoms with E-state index in [1.807, 2.05) is 39.0 Å². The zero-order valence-corrected chi connectivity index (χ0v) is 14.1. The second-order valence-electron chi connectivity index (χ2n) is 4.78. The topological polar surface area (TPSA) is 20.3 Å². The van der Waals surface area contributed by atoms with Gasteiger partial charge >= 0.3 is 0 Å². The number of thiocarbonyl (C=S) groups is 1. The molecule has 1 aliphatic rings. The van der Waals surface area contributed by atoms with E-state index in [0.717, 1.165) is 28.1 Å². The Bertz CT molecular complexity index is 587. The molecule has 1 aliphatic heterocycles. The number of thioether (sulfide) groups is 1. The minimum absolute atomic E-state index is 0.00352. The van der Waals surface area contributed by atoms with Crippen LogP contribution in [0.25, 0.3) is 6.08 Å². The van der Waals surface area contributed by atoms with Crippen molar-refractivity contribution >= 4 is 51.9 Å². The van der Waals surface area contributed by atoms with Crippen LogP contribution in [0.4, 0.5) is 0 Å². The Labute approximate surface area is 134 Å². The van der Waals surface area contributed by atoms with Gasteiger partial charge in [0.1, 0.15) is 4.32 Å². The van der Waals surface area contributed by atoms with Gasteiger partial charge in [-0.3, -0.25) is 9.69 Å². The molecule has 1 aromatic rings. The van der Waals surface area contributed by atoms with Crippen LogP contribution in [0, 0.1) is 13.8 Å². The van der Waals surface area contributed by atoms with Crippen LogP contribution < -0.4 is 0 Å². The highest BCUT2D eigenvalue weighted by Gasteiger charge is 2.31. The minimum Gasteiger partial charge on any atom is -0.293 e. The van der Waals surface area contributed by atoms with Gasteiger partial charge in [0.2, 0.25) is 0 Å². The zero-order valence-electron chi connectivity index (χ0n) is 11.7. The second kappa shape index (κ2) is 6.29. The molecule has 0 atom stereocenters. The van der Waals surface area contributed by atoms with E-state index in [9.17, 15) is 4.79 Å². The molecule has 0 unspecified atom stereocenters. The molecule has 0 saturated carbocycles. The summed E-state index contributed by atoms with van der Waals surface area (Å²) in [5.41, 5.74) is 3.13. The molecule has 0 aromatic heterocycles. The SMILES string of the molecule is CCCN1C(=O)/C(=C/c2cc(C)c(C)c(Cl)c2)SC1=S. The van der Waals surface area contributed by atoms with Gasteiger partial charge in [-0.05, 0) is 49.1 Å². The van der Waals surface area contributed by atoms with Crippen molar-refractivity contribution in [2.24, 2.45) is 0 Å². The number of hydrogen-bond acceptors (Lipinski definition) is 3. The summed E-state index contributed by atoms with van der Waals surface area (Å²) in [6.07, 6.45) is 2.77. The number of benzene rings is 1. The van der Waals surface area contributed by atoms with Crippen molar-refractivity contribution in [1.29, 1.82) is 0 Å². The van der Waals surface area contributed by atoms with E-state index in [4.69, 9.17) is 23.8 Å². The van der Waals surface area contributed by atoms with Crippen molar-refractivity contribution in [2.45, 2.75) is 27.2 Å². The molecule has 1 fully saturated rings. The molecule has 0 spiro atoms. The molecule has 5 heteroatoms. The number of halogens is 1. The monoisotopic (exact) mass is 325 g/mol. The lowest BCUT2D eigenvalue weighted by Gasteiger charge is -2.12. The Morgan fingerprint density at radius 3 is 2.70 bits per heavy atom. The van der Waals surface area contributed by atoms with E-state index in [0.29, 0.717) is 15.8 Å². The fourth-order valence-electron chi connectivity index (χ4n) is 1.99. The summed E-state index contributed by atoms with van der Waals surface area (Å²) in [6, 6.07) is 3.92. The molecule has 2 nitrogen and oxygen atoms in total. The molecular weight excluding hydrogens is 310 g/mol. The third kappa shape index (κ3) is 3.08. The maximum atomic E-state index is 12.3. The van der Waals surface area contributed by atoms with Crippen LogP contribution in [0.2, 0.25) is 5.02 Å². The predicted molar refractivity (Wildman–Crippen MR) is 91.1 cm³/mol. The van der Waals surface area contributed by atoms with Gasteiger partial charge in [-0.25, -0.2) is 0 Å². The highest BCUT2D eigenvalue weighted by molar-refractivity contribution is 8.26. The molecule has 0 N–H and O–H groups in total. The van der Waals surface area contributed by atoms with Crippen LogP contribution in [0.1, 0.15) is 30.0 Å². The van der Waals surface area contributed by atoms with Crippen LogP contribution in [0.15, 0.2) is 17.0 Å². The van der Waals surface area contributed by atoms with E-state index in [2.05, 4.69) is 0 Å². The Balaban J connectivity index is 2.33. The number of aryl methyl sites for hydroxylation is 1. The van der Waals surface area contributed by atoms with Crippen molar-refractivity contribution in [3.05, 3.63) is 38.8 Å². The number of carbonyl (C=O) groups is 1. The summed E-state index contributed by atoms with van der Waals surface area (Å²) in [4.78, 5) is 14.6. The van der Waals surface area contributed by atoms with Gasteiger partial charge < -0.3 is 0 Å². The lowest BCUT2D eigenvalue weighted by Crippen LogP contribution is -2.28. The zero-order chi connectivity index (χ0) is 14.9. The molecular formula is C15H16ClNOS2. The summed E-state index contributed by atoms with van der Waals surface area (Å²) < 4.78 is 0.637. The van der Waals surface area contributed by atoms with Crippen LogP contribution in [-0.4, -0.2) is 21.7 Å². The number of hydrogen-bond donors (Lipinski definition) is 0. The highest BCUT2D eigenvalue weighted by Crippen LogP contribution is 2.33. The molecule has 106 valence electrons. The van der Waals surface area contributed by atoms with Gasteiger partial charge in [0.25, 0.3) is 5.91 Å². The lowest BCUT2D eigenvalue weighted by molar-refractivity contribution is -0.122. The average Bonchev–Trinajstić information content (AvgIpc) is 2.64. The first-order chi connectivity index (χ1) is 9.43. The van der Waals surface area contributed by atoms with Crippen molar-refractivity contribution < 1.29 is 4.79 Å². The van der Waals surface area contributed by atoms with Gasteiger partial charge in [0.05, 0.1) is 4.91 Å². The summed E-state index contributed by atoms with van der Waals surface area (Å²) in [6.45, 7) is 6.71. The first kappa shape index (κ1) is 15.5. The first-order valence-electron chi connectivity index (χ1n) is 6.46. The fourth-order valence-corrected chi connectivity index (χ4v) is 3.58. The standard InChI is InChI=1S/C15H16ClNOS2/c1-4-5-17-14(18)13(20-15(17)19)8-11-6-9(2)10(3)12(16)7-11/h6-8H,4-5H2,1-3H3/b13-8-. The molecule has 0 radical (unpaired) electrons. The van der Waals surface area contributed by atoms with Crippen molar-refractivity contribution in [3.63, 3.8) is 0 Å². The van der Waals surface area contributed by atoms with E-state index < -0.39 is 0 Å². The molecule has 2 rings (SSSR count). The van der Waals surface area contributed by atoms with Crippen LogP contribution >= 0.6 is 35.6 Å². The van der Waals surface area contributed by atoms with Crippen molar-refractivity contribution in [3.8, 4) is 0 Å². The smallest absolute Gasteiger partial charge is 0.266 e. The normalized spacial score (nSPS) is 17.4. The Kier molecular flexibility index (Phi) is 4.89. The number of nitrogens with zero attached hydrogens (tertiary/aromatic N) is 1. The molecule has 1 aromatic carbocycles. The second-order valence-corrected chi connectivity index (χ2v) is 6.86. The number of carbonyl (C=O) groups excluding carboxylic acids is 1. The molecule has 0 bridgehead atoms. The average molecular weight is 326 g/mol. The van der Waals surface area contributed by atoms with Gasteiger partial charge in [-0.1, -0.05) is 48.6 Å². The summed E-state index contributed by atoms with van der Waals surface area (Å²) >= 11 is 12.8. The van der Waals surface area contributed by atoms with Crippen LogP contribution in [0.3, 0.4) is 0 Å². The van der Waals surface area contributed by atoms with E-state index in [1.54, 1.807) is 4.90 Å². The highest BCUT2D eigenvalue weighted by atomic mass is 35.5. The third-order valence-corrected chi connectivity index (χ3v) is 5.02. The maximum absolute atomic E-state index is 12.3. The van der Waals surface area contributed by atoms with E-state index >= 15 is 0 Å². The van der Waals surface area contributed by atoms with Gasteiger partial charge in [0, 0.05) is 11.6 Å². The minimum atomic E-state index is -0.00352. The van der Waals surface area contributed by atoms with Crippen molar-refractivity contribution in [2.75, 3.05) is 6.54 Å². The van der Waals surface area contributed by atoms with Gasteiger partial charge in [-0.15, -0.1) is 0 Å². The summed E-state index contributed by atoms with van der Waals surface area (Å²) in [5.74, 6) is -0.00352. The van der Waals surface area contributed by atoms with Gasteiger partial charge in [0.15, 0.2) is 0 Å². The quantitative estimate of drug-likeness (QED) is 0.600. The van der Waals surface area contributed by atoms with Crippen molar-refractivity contribution in [1.82, 2.24) is 4.90 Å². The van der Waals surface area contributed by atoms with Crippen LogP contribution in [-0.2, 0) is 4.79 Å². The number of amides is 1. The molecule has 0 aliphatic carbocycles. The van der Waals surface area contributed by atoms with E-state index in [1.165, 1.54) is 11.8 Å². The summed E-state index contributed by atoms with van der Waals surface area (Å²) in [7, 11) is 0. The van der Waals surface area contributed by atoms with E-state index in [-0.39, 0.29) is 5.91 Å². The Morgan fingerprint density at radius 1 is 1.40 bits per heavy atom. The largest absolute Gasteiger partial charge is 0.293 e. The predicted octanol–water partition coefficient (Wildman–Crippen LogP) is 4.57. The third-order valence-electron chi connectivity index (χ3n) is 3.24. The molecule has 1 saturated heterocycles. The lowest BCUT2D eigenvalue weighted by atomic mass is 10.1. The molecule has 1 amide bonds.